The molecule has 1 N–H and O–H groups in total. The van der Waals surface area contributed by atoms with E-state index in [-0.39, 0.29) is 5.91 Å². The molecule has 6 heteroatoms. The number of piperazine rings is 1. The zero-order valence-electron chi connectivity index (χ0n) is 11.3. The highest BCUT2D eigenvalue weighted by molar-refractivity contribution is 5.76. The van der Waals surface area contributed by atoms with Crippen molar-refractivity contribution in [2.75, 3.05) is 45.9 Å². The molecule has 2 amide bonds. The summed E-state index contributed by atoms with van der Waals surface area (Å²) in [6.45, 7) is 5.02. The maximum absolute atomic E-state index is 11.9. The van der Waals surface area contributed by atoms with Gasteiger partial charge in [0, 0.05) is 52.3 Å². The zero-order chi connectivity index (χ0) is 13.5. The summed E-state index contributed by atoms with van der Waals surface area (Å²) in [6.07, 6.45) is 3.96. The second-order valence-electron chi connectivity index (χ2n) is 5.11. The van der Waals surface area contributed by atoms with Gasteiger partial charge in [0.05, 0.1) is 6.10 Å². The first-order valence-corrected chi connectivity index (χ1v) is 7.09. The first kappa shape index (κ1) is 14.3. The molecule has 0 aromatic rings. The number of rotatable bonds is 6. The number of nitrogens with one attached hydrogen (secondary N) is 1. The van der Waals surface area contributed by atoms with Gasteiger partial charge in [-0.3, -0.25) is 9.59 Å². The number of ether oxygens (including phenoxy) is 1. The molecule has 1 atom stereocenters. The minimum atomic E-state index is 0.172. The Hall–Kier alpha value is -1.14. The minimum absolute atomic E-state index is 0.172. The third-order valence-electron chi connectivity index (χ3n) is 3.73. The van der Waals surface area contributed by atoms with E-state index >= 15 is 0 Å². The third-order valence-corrected chi connectivity index (χ3v) is 3.73. The van der Waals surface area contributed by atoms with Crippen molar-refractivity contribution in [1.29, 1.82) is 0 Å². The van der Waals surface area contributed by atoms with Crippen molar-refractivity contribution in [3.8, 4) is 0 Å². The van der Waals surface area contributed by atoms with E-state index in [0.29, 0.717) is 45.2 Å². The fourth-order valence-electron chi connectivity index (χ4n) is 2.50. The standard InChI is InChI=1S/C13H23N3O3/c17-11-15-5-7-16(8-6-15)13(18)3-4-14-10-12-2-1-9-19-12/h11-12,14H,1-10H2. The molecule has 19 heavy (non-hydrogen) atoms. The van der Waals surface area contributed by atoms with Crippen molar-refractivity contribution in [2.45, 2.75) is 25.4 Å². The summed E-state index contributed by atoms with van der Waals surface area (Å²) in [4.78, 5) is 26.1. The maximum Gasteiger partial charge on any atom is 0.223 e. The van der Waals surface area contributed by atoms with Gasteiger partial charge in [-0.25, -0.2) is 0 Å². The quantitative estimate of drug-likeness (QED) is 0.519. The number of hydrogen-bond donors (Lipinski definition) is 1. The molecule has 0 aromatic carbocycles. The Morgan fingerprint density at radius 2 is 2.11 bits per heavy atom. The van der Waals surface area contributed by atoms with Crippen LogP contribution in [0.1, 0.15) is 19.3 Å². The van der Waals surface area contributed by atoms with Crippen LogP contribution in [-0.2, 0) is 14.3 Å². The molecule has 2 saturated heterocycles. The summed E-state index contributed by atoms with van der Waals surface area (Å²) in [7, 11) is 0. The summed E-state index contributed by atoms with van der Waals surface area (Å²) < 4.78 is 5.50. The van der Waals surface area contributed by atoms with Gasteiger partial charge in [-0.1, -0.05) is 0 Å². The lowest BCUT2D eigenvalue weighted by Gasteiger charge is -2.32. The van der Waals surface area contributed by atoms with E-state index < -0.39 is 0 Å². The second-order valence-corrected chi connectivity index (χ2v) is 5.11. The summed E-state index contributed by atoms with van der Waals surface area (Å²) in [5.74, 6) is 0.172. The molecular formula is C13H23N3O3. The van der Waals surface area contributed by atoms with Gasteiger partial charge in [-0.05, 0) is 12.8 Å². The Bertz CT molecular complexity index is 298. The first-order chi connectivity index (χ1) is 9.29. The molecule has 108 valence electrons. The summed E-state index contributed by atoms with van der Waals surface area (Å²) in [6, 6.07) is 0. The largest absolute Gasteiger partial charge is 0.377 e. The van der Waals surface area contributed by atoms with Crippen molar-refractivity contribution in [2.24, 2.45) is 0 Å². The Morgan fingerprint density at radius 3 is 2.74 bits per heavy atom. The van der Waals surface area contributed by atoms with E-state index in [1.54, 1.807) is 4.90 Å². The molecule has 0 aromatic heterocycles. The number of carbonyl (C=O) groups is 2. The summed E-state index contributed by atoms with van der Waals surface area (Å²) in [5.41, 5.74) is 0. The smallest absolute Gasteiger partial charge is 0.223 e. The summed E-state index contributed by atoms with van der Waals surface area (Å²) >= 11 is 0. The van der Waals surface area contributed by atoms with Crippen molar-refractivity contribution in [3.63, 3.8) is 0 Å². The van der Waals surface area contributed by atoms with Crippen LogP contribution in [0.3, 0.4) is 0 Å². The Labute approximate surface area is 114 Å². The molecule has 0 saturated carbocycles. The molecule has 2 aliphatic rings. The van der Waals surface area contributed by atoms with E-state index in [2.05, 4.69) is 5.32 Å². The Balaban J connectivity index is 1.55. The van der Waals surface area contributed by atoms with Gasteiger partial charge in [-0.15, -0.1) is 0 Å². The van der Waals surface area contributed by atoms with Gasteiger partial charge in [0.2, 0.25) is 12.3 Å². The van der Waals surface area contributed by atoms with Crippen molar-refractivity contribution in [3.05, 3.63) is 0 Å². The topological polar surface area (TPSA) is 61.9 Å². The molecule has 2 aliphatic heterocycles. The van der Waals surface area contributed by atoms with Gasteiger partial charge >= 0.3 is 0 Å². The van der Waals surface area contributed by atoms with Gasteiger partial charge in [0.1, 0.15) is 0 Å². The van der Waals surface area contributed by atoms with Crippen LogP contribution in [0.5, 0.6) is 0 Å². The molecule has 0 spiro atoms. The van der Waals surface area contributed by atoms with E-state index in [9.17, 15) is 9.59 Å². The molecule has 6 nitrogen and oxygen atoms in total. The lowest BCUT2D eigenvalue weighted by molar-refractivity contribution is -0.135. The number of nitrogens with zero attached hydrogens (tertiary/aromatic N) is 2. The third kappa shape index (κ3) is 4.47. The Morgan fingerprint density at radius 1 is 1.32 bits per heavy atom. The lowest BCUT2D eigenvalue weighted by atomic mass is 10.2. The normalized spacial score (nSPS) is 23.7. The first-order valence-electron chi connectivity index (χ1n) is 7.09. The van der Waals surface area contributed by atoms with Crippen molar-refractivity contribution < 1.29 is 14.3 Å². The average Bonchev–Trinajstić information content (AvgIpc) is 2.96. The van der Waals surface area contributed by atoms with Crippen molar-refractivity contribution in [1.82, 2.24) is 15.1 Å². The van der Waals surface area contributed by atoms with Crippen LogP contribution in [0.2, 0.25) is 0 Å². The van der Waals surface area contributed by atoms with E-state index in [0.717, 1.165) is 32.4 Å². The molecule has 1 unspecified atom stereocenters. The molecule has 2 fully saturated rings. The fourth-order valence-corrected chi connectivity index (χ4v) is 2.50. The number of amides is 2. The van der Waals surface area contributed by atoms with Crippen LogP contribution in [0.25, 0.3) is 0 Å². The zero-order valence-corrected chi connectivity index (χ0v) is 11.3. The molecule has 2 rings (SSSR count). The maximum atomic E-state index is 11.9. The minimum Gasteiger partial charge on any atom is -0.377 e. The monoisotopic (exact) mass is 269 g/mol. The highest BCUT2D eigenvalue weighted by Gasteiger charge is 2.20. The number of carbonyl (C=O) groups excluding carboxylic acids is 2. The van der Waals surface area contributed by atoms with Crippen LogP contribution in [-0.4, -0.2) is 74.1 Å². The van der Waals surface area contributed by atoms with E-state index in [4.69, 9.17) is 4.74 Å². The SMILES string of the molecule is O=CN1CCN(C(=O)CCNCC2CCCO2)CC1. The Kier molecular flexibility index (Phi) is 5.60. The highest BCUT2D eigenvalue weighted by Crippen LogP contribution is 2.10. The van der Waals surface area contributed by atoms with Crippen molar-refractivity contribution >= 4 is 12.3 Å². The van der Waals surface area contributed by atoms with Crippen LogP contribution < -0.4 is 5.32 Å². The van der Waals surface area contributed by atoms with Crippen LogP contribution in [0, 0.1) is 0 Å². The van der Waals surface area contributed by atoms with Gasteiger partial charge in [0.25, 0.3) is 0 Å². The molecule has 0 bridgehead atoms. The summed E-state index contributed by atoms with van der Waals surface area (Å²) in [5, 5.41) is 3.28. The van der Waals surface area contributed by atoms with Crippen LogP contribution in [0.15, 0.2) is 0 Å². The number of hydrogen-bond acceptors (Lipinski definition) is 4. The van der Waals surface area contributed by atoms with Gasteiger partial charge in [-0.2, -0.15) is 0 Å². The van der Waals surface area contributed by atoms with Crippen LogP contribution in [0.4, 0.5) is 0 Å². The molecular weight excluding hydrogens is 246 g/mol. The highest BCUT2D eigenvalue weighted by atomic mass is 16.5. The lowest BCUT2D eigenvalue weighted by Crippen LogP contribution is -2.48. The van der Waals surface area contributed by atoms with E-state index in [1.807, 2.05) is 4.90 Å². The molecule has 2 heterocycles. The molecule has 0 radical (unpaired) electrons. The molecule has 0 aliphatic carbocycles. The van der Waals surface area contributed by atoms with Crippen LogP contribution >= 0.6 is 0 Å². The predicted molar refractivity (Wildman–Crippen MR) is 70.7 cm³/mol. The fraction of sp³-hybridized carbons (Fsp3) is 0.846. The van der Waals surface area contributed by atoms with Gasteiger partial charge in [0.15, 0.2) is 0 Å². The average molecular weight is 269 g/mol. The van der Waals surface area contributed by atoms with Gasteiger partial charge < -0.3 is 19.9 Å². The second kappa shape index (κ2) is 7.45. The van der Waals surface area contributed by atoms with E-state index in [1.165, 1.54) is 0 Å². The predicted octanol–water partition coefficient (Wildman–Crippen LogP) is -0.554.